The molecule has 0 amide bonds. The third kappa shape index (κ3) is 4.60. The van der Waals surface area contributed by atoms with Gasteiger partial charge in [-0.25, -0.2) is 0 Å². The molecule has 1 atom stereocenters. The van der Waals surface area contributed by atoms with Crippen molar-refractivity contribution < 1.29 is 40.8 Å². The van der Waals surface area contributed by atoms with Gasteiger partial charge in [-0.05, 0) is 0 Å². The molecule has 0 aromatic heterocycles. The molecule has 18 heavy (non-hydrogen) atoms. The molecule has 1 rings (SSSR count). The van der Waals surface area contributed by atoms with Gasteiger partial charge in [-0.1, -0.05) is 49.4 Å². The molecular formula is C11H11F5LiN. The number of hydrogen-bond acceptors (Lipinski definition) is 0. The van der Waals surface area contributed by atoms with Gasteiger partial charge in [0.25, 0.3) is 0 Å². The summed E-state index contributed by atoms with van der Waals surface area (Å²) in [5, 5.41) is 3.36. The van der Waals surface area contributed by atoms with Crippen molar-refractivity contribution in [2.75, 3.05) is 6.54 Å². The molecule has 1 aromatic rings. The van der Waals surface area contributed by atoms with E-state index in [0.29, 0.717) is 5.56 Å². The van der Waals surface area contributed by atoms with E-state index in [1.54, 1.807) is 30.3 Å². The zero-order chi connectivity index (χ0) is 13.1. The van der Waals surface area contributed by atoms with E-state index in [2.05, 4.69) is 5.32 Å². The Balaban J connectivity index is 0.00000289. The Morgan fingerprint density at radius 2 is 1.56 bits per heavy atom. The summed E-state index contributed by atoms with van der Waals surface area (Å²) in [4.78, 5) is 0. The van der Waals surface area contributed by atoms with Gasteiger partial charge >= 0.3 is 31.0 Å². The van der Waals surface area contributed by atoms with Crippen LogP contribution in [0, 0.1) is 0 Å². The van der Waals surface area contributed by atoms with Crippen molar-refractivity contribution in [3.05, 3.63) is 41.2 Å². The van der Waals surface area contributed by atoms with Crippen molar-refractivity contribution in [1.82, 2.24) is 0 Å². The SMILES string of the molecule is C[C@@H]([N-]CC(F)(F)C(F)(F)F)c1ccccc1.[Li+]. The zero-order valence-corrected chi connectivity index (χ0v) is 10.0. The molecule has 1 nitrogen and oxygen atoms in total. The fraction of sp³-hybridized carbons (Fsp3) is 0.455. The molecule has 0 unspecified atom stereocenters. The van der Waals surface area contributed by atoms with E-state index in [4.69, 9.17) is 0 Å². The topological polar surface area (TPSA) is 14.1 Å². The molecule has 0 radical (unpaired) electrons. The van der Waals surface area contributed by atoms with Crippen molar-refractivity contribution >= 4 is 0 Å². The first-order valence-electron chi connectivity index (χ1n) is 4.90. The number of rotatable bonds is 4. The molecule has 0 N–H and O–H groups in total. The van der Waals surface area contributed by atoms with Gasteiger partial charge in [0.1, 0.15) is 0 Å². The van der Waals surface area contributed by atoms with Crippen LogP contribution in [0.25, 0.3) is 5.32 Å². The first-order chi connectivity index (χ1) is 7.74. The van der Waals surface area contributed by atoms with Crippen LogP contribution in [0.5, 0.6) is 0 Å². The van der Waals surface area contributed by atoms with Crippen LogP contribution in [-0.2, 0) is 0 Å². The van der Waals surface area contributed by atoms with Crippen LogP contribution >= 0.6 is 0 Å². The summed E-state index contributed by atoms with van der Waals surface area (Å²) in [6, 6.07) is 7.62. The monoisotopic (exact) mass is 259 g/mol. The van der Waals surface area contributed by atoms with Crippen molar-refractivity contribution in [3.63, 3.8) is 0 Å². The van der Waals surface area contributed by atoms with Gasteiger partial charge in [0.05, 0.1) is 0 Å². The van der Waals surface area contributed by atoms with E-state index in [1.165, 1.54) is 6.92 Å². The molecule has 0 aliphatic heterocycles. The van der Waals surface area contributed by atoms with Crippen molar-refractivity contribution in [2.45, 2.75) is 25.1 Å². The maximum absolute atomic E-state index is 12.6. The summed E-state index contributed by atoms with van der Waals surface area (Å²) < 4.78 is 60.8. The quantitative estimate of drug-likeness (QED) is 0.572. The summed E-state index contributed by atoms with van der Waals surface area (Å²) in [6.45, 7) is -0.0751. The molecule has 0 fully saturated rings. The van der Waals surface area contributed by atoms with E-state index in [9.17, 15) is 22.0 Å². The molecule has 0 aliphatic carbocycles. The smallest absolute Gasteiger partial charge is 0.651 e. The normalized spacial score (nSPS) is 13.9. The largest absolute Gasteiger partial charge is 1.00 e. The van der Waals surface area contributed by atoms with E-state index >= 15 is 0 Å². The summed E-state index contributed by atoms with van der Waals surface area (Å²) in [5.41, 5.74) is 0.602. The maximum Gasteiger partial charge on any atom is 1.00 e. The first-order valence-corrected chi connectivity index (χ1v) is 4.90. The second-order valence-electron chi connectivity index (χ2n) is 3.63. The third-order valence-corrected chi connectivity index (χ3v) is 2.26. The summed E-state index contributed by atoms with van der Waals surface area (Å²) in [5.74, 6) is -4.77. The Morgan fingerprint density at radius 1 is 1.06 bits per heavy atom. The Morgan fingerprint density at radius 3 is 2.00 bits per heavy atom. The first kappa shape index (κ1) is 17.4. The molecule has 96 valence electrons. The molecule has 0 saturated heterocycles. The van der Waals surface area contributed by atoms with Gasteiger partial charge in [0.15, 0.2) is 0 Å². The van der Waals surface area contributed by atoms with Gasteiger partial charge in [0, 0.05) is 0 Å². The molecule has 0 aliphatic rings. The van der Waals surface area contributed by atoms with Gasteiger partial charge in [-0.2, -0.15) is 22.0 Å². The van der Waals surface area contributed by atoms with Crippen LogP contribution in [0.4, 0.5) is 22.0 Å². The fourth-order valence-corrected chi connectivity index (χ4v) is 1.18. The standard InChI is InChI=1S/C11H11F5N.Li/c1-8(9-5-3-2-4-6-9)17-7-10(12,13)11(14,15)16;/h2-6,8H,7H2,1H3;/q-1;+1/t8-;/m1./s1. The minimum atomic E-state index is -5.55. The van der Waals surface area contributed by atoms with Gasteiger partial charge in [-0.3, -0.25) is 0 Å². The Labute approximate surface area is 114 Å². The van der Waals surface area contributed by atoms with E-state index in [0.717, 1.165) is 0 Å². The molecular weight excluding hydrogens is 248 g/mol. The molecule has 0 bridgehead atoms. The minimum absolute atomic E-state index is 0. The third-order valence-electron chi connectivity index (χ3n) is 2.26. The second kappa shape index (κ2) is 6.55. The number of alkyl halides is 5. The molecule has 1 aromatic carbocycles. The summed E-state index contributed by atoms with van der Waals surface area (Å²) in [7, 11) is 0. The Kier molecular flexibility index (Phi) is 6.34. The number of benzene rings is 1. The van der Waals surface area contributed by atoms with Crippen molar-refractivity contribution in [2.24, 2.45) is 0 Å². The van der Waals surface area contributed by atoms with Crippen LogP contribution in [-0.4, -0.2) is 18.6 Å². The number of hydrogen-bond donors (Lipinski definition) is 0. The molecule has 0 spiro atoms. The van der Waals surface area contributed by atoms with Crippen LogP contribution in [0.1, 0.15) is 18.5 Å². The summed E-state index contributed by atoms with van der Waals surface area (Å²) in [6.07, 6.45) is -5.55. The number of nitrogens with zero attached hydrogens (tertiary/aromatic N) is 1. The van der Waals surface area contributed by atoms with Crippen LogP contribution < -0.4 is 18.9 Å². The number of halogens is 5. The fourth-order valence-electron chi connectivity index (χ4n) is 1.18. The predicted molar refractivity (Wildman–Crippen MR) is 54.1 cm³/mol. The Hall–Kier alpha value is -0.573. The van der Waals surface area contributed by atoms with E-state index in [1.807, 2.05) is 0 Å². The summed E-state index contributed by atoms with van der Waals surface area (Å²) >= 11 is 0. The molecule has 7 heteroatoms. The Bertz CT molecular complexity index is 352. The van der Waals surface area contributed by atoms with Gasteiger partial charge in [-0.15, -0.1) is 6.04 Å². The van der Waals surface area contributed by atoms with Crippen LogP contribution in [0.15, 0.2) is 30.3 Å². The predicted octanol–water partition coefficient (Wildman–Crippen LogP) is 1.32. The molecule has 0 saturated carbocycles. The average Bonchev–Trinajstić information content (AvgIpc) is 2.25. The second-order valence-corrected chi connectivity index (χ2v) is 3.63. The van der Waals surface area contributed by atoms with E-state index in [-0.39, 0.29) is 18.9 Å². The average molecular weight is 259 g/mol. The van der Waals surface area contributed by atoms with Crippen molar-refractivity contribution in [3.8, 4) is 0 Å². The van der Waals surface area contributed by atoms with Gasteiger partial charge < -0.3 is 5.32 Å². The molecule has 0 heterocycles. The van der Waals surface area contributed by atoms with Crippen LogP contribution in [0.3, 0.4) is 0 Å². The maximum atomic E-state index is 12.6. The van der Waals surface area contributed by atoms with Gasteiger partial charge in [0.2, 0.25) is 0 Å². The van der Waals surface area contributed by atoms with Crippen LogP contribution in [0.2, 0.25) is 0 Å². The van der Waals surface area contributed by atoms with E-state index < -0.39 is 24.7 Å². The minimum Gasteiger partial charge on any atom is -0.651 e. The zero-order valence-electron chi connectivity index (χ0n) is 10.0. The van der Waals surface area contributed by atoms with Crippen molar-refractivity contribution in [1.29, 1.82) is 0 Å².